The van der Waals surface area contributed by atoms with Gasteiger partial charge >= 0.3 is 0 Å². The summed E-state index contributed by atoms with van der Waals surface area (Å²) < 4.78 is 16.4. The Hall–Kier alpha value is 0.140. The lowest BCUT2D eigenvalue weighted by molar-refractivity contribution is 0.197. The first-order valence-corrected chi connectivity index (χ1v) is 4.14. The predicted molar refractivity (Wildman–Crippen MR) is 45.0 cm³/mol. The van der Waals surface area contributed by atoms with Crippen LogP contribution in [-0.2, 0) is 4.74 Å². The maximum Gasteiger partial charge on any atom is 0.0906 e. The highest BCUT2D eigenvalue weighted by Gasteiger charge is 2.01. The van der Waals surface area contributed by atoms with Crippen molar-refractivity contribution in [2.24, 2.45) is 0 Å². The van der Waals surface area contributed by atoms with Gasteiger partial charge in [0.05, 0.1) is 18.7 Å². The first-order chi connectivity index (χ1) is 5.31. The number of alkyl halides is 2. The summed E-state index contributed by atoms with van der Waals surface area (Å²) in [5, 5.41) is 3.00. The average molecular weight is 184 g/mol. The van der Waals surface area contributed by atoms with Crippen molar-refractivity contribution < 1.29 is 9.13 Å². The van der Waals surface area contributed by atoms with E-state index in [0.717, 1.165) is 0 Å². The molecule has 2 nitrogen and oxygen atoms in total. The Labute approximate surface area is 72.1 Å². The third-order valence-corrected chi connectivity index (χ3v) is 1.48. The van der Waals surface area contributed by atoms with Gasteiger partial charge in [0.1, 0.15) is 0 Å². The molecule has 68 valence electrons. The zero-order valence-corrected chi connectivity index (χ0v) is 7.53. The van der Waals surface area contributed by atoms with E-state index in [1.165, 1.54) is 0 Å². The summed E-state index contributed by atoms with van der Waals surface area (Å²) in [6, 6.07) is 0. The van der Waals surface area contributed by atoms with Gasteiger partial charge in [-0.1, -0.05) is 0 Å². The zero-order chi connectivity index (χ0) is 8.53. The molecule has 0 aliphatic carbocycles. The van der Waals surface area contributed by atoms with Gasteiger partial charge in [-0.2, -0.15) is 0 Å². The van der Waals surface area contributed by atoms with Gasteiger partial charge in [0.25, 0.3) is 0 Å². The predicted octanol–water partition coefficient (Wildman–Crippen LogP) is 1.19. The molecule has 0 radical (unpaired) electrons. The van der Waals surface area contributed by atoms with Crippen molar-refractivity contribution in [3.05, 3.63) is 0 Å². The highest BCUT2D eigenvalue weighted by molar-refractivity contribution is 6.20. The Kier molecular flexibility index (Phi) is 8.34. The summed E-state index contributed by atoms with van der Waals surface area (Å²) in [6.45, 7) is 1.62. The van der Waals surface area contributed by atoms with Crippen LogP contribution < -0.4 is 5.32 Å². The summed E-state index contributed by atoms with van der Waals surface area (Å²) in [6.07, 6.45) is 0.552. The molecule has 0 aliphatic heterocycles. The SMILES string of the molecule is COCC(Cl)CNCCCF. The lowest BCUT2D eigenvalue weighted by Crippen LogP contribution is -2.27. The van der Waals surface area contributed by atoms with Crippen molar-refractivity contribution >= 4 is 11.6 Å². The molecule has 0 saturated heterocycles. The van der Waals surface area contributed by atoms with Crippen LogP contribution >= 0.6 is 11.6 Å². The second-order valence-corrected chi connectivity index (χ2v) is 2.92. The summed E-state index contributed by atoms with van der Waals surface area (Å²) in [5.74, 6) is 0. The zero-order valence-electron chi connectivity index (χ0n) is 6.78. The number of methoxy groups -OCH3 is 1. The lowest BCUT2D eigenvalue weighted by atomic mass is 10.4. The van der Waals surface area contributed by atoms with E-state index in [4.69, 9.17) is 16.3 Å². The molecule has 0 fully saturated rings. The molecule has 0 heterocycles. The molecule has 1 atom stereocenters. The van der Waals surface area contributed by atoms with Crippen LogP contribution in [0.4, 0.5) is 4.39 Å². The summed E-state index contributed by atoms with van der Waals surface area (Å²) in [4.78, 5) is 0. The van der Waals surface area contributed by atoms with E-state index in [1.807, 2.05) is 0 Å². The Morgan fingerprint density at radius 1 is 1.64 bits per heavy atom. The average Bonchev–Trinajstić information content (AvgIpc) is 1.99. The van der Waals surface area contributed by atoms with Crippen LogP contribution in [0.25, 0.3) is 0 Å². The van der Waals surface area contributed by atoms with Crippen LogP contribution in [0.1, 0.15) is 6.42 Å². The van der Waals surface area contributed by atoms with Gasteiger partial charge in [-0.15, -0.1) is 11.6 Å². The molecule has 0 aromatic heterocycles. The number of nitrogens with one attached hydrogen (secondary N) is 1. The lowest BCUT2D eigenvalue weighted by Gasteiger charge is -2.08. The molecule has 0 amide bonds. The monoisotopic (exact) mass is 183 g/mol. The fourth-order valence-corrected chi connectivity index (χ4v) is 0.925. The Bertz CT molecular complexity index is 84.8. The van der Waals surface area contributed by atoms with E-state index in [9.17, 15) is 4.39 Å². The van der Waals surface area contributed by atoms with Gasteiger partial charge in [-0.3, -0.25) is 4.39 Å². The molecular formula is C7H15ClFNO. The van der Waals surface area contributed by atoms with Crippen molar-refractivity contribution in [3.63, 3.8) is 0 Å². The molecular weight excluding hydrogens is 169 g/mol. The minimum Gasteiger partial charge on any atom is -0.383 e. The van der Waals surface area contributed by atoms with E-state index in [-0.39, 0.29) is 12.1 Å². The van der Waals surface area contributed by atoms with Crippen LogP contribution in [0.3, 0.4) is 0 Å². The van der Waals surface area contributed by atoms with Crippen molar-refractivity contribution in [3.8, 4) is 0 Å². The molecule has 0 spiro atoms. The number of rotatable bonds is 7. The molecule has 0 saturated carbocycles. The van der Waals surface area contributed by atoms with Crippen LogP contribution in [0.5, 0.6) is 0 Å². The minimum absolute atomic E-state index is 0.0142. The number of halogens is 2. The molecule has 1 N–H and O–H groups in total. The fraction of sp³-hybridized carbons (Fsp3) is 1.00. The molecule has 1 unspecified atom stereocenters. The fourth-order valence-electron chi connectivity index (χ4n) is 0.690. The third kappa shape index (κ3) is 8.04. The van der Waals surface area contributed by atoms with E-state index in [2.05, 4.69) is 5.32 Å². The maximum atomic E-state index is 11.6. The number of hydrogen-bond acceptors (Lipinski definition) is 2. The summed E-state index contributed by atoms with van der Waals surface area (Å²) in [5.41, 5.74) is 0. The van der Waals surface area contributed by atoms with Crippen LogP contribution in [-0.4, -0.2) is 38.9 Å². The smallest absolute Gasteiger partial charge is 0.0906 e. The Morgan fingerprint density at radius 2 is 2.36 bits per heavy atom. The summed E-state index contributed by atoms with van der Waals surface area (Å²) in [7, 11) is 1.61. The van der Waals surface area contributed by atoms with Gasteiger partial charge in [-0.05, 0) is 13.0 Å². The van der Waals surface area contributed by atoms with Gasteiger partial charge in [0.15, 0.2) is 0 Å². The van der Waals surface area contributed by atoms with Crippen molar-refractivity contribution in [2.75, 3.05) is 33.5 Å². The van der Waals surface area contributed by atoms with Crippen molar-refractivity contribution in [1.82, 2.24) is 5.32 Å². The third-order valence-electron chi connectivity index (χ3n) is 1.20. The second-order valence-electron chi connectivity index (χ2n) is 2.30. The van der Waals surface area contributed by atoms with Crippen LogP contribution in [0, 0.1) is 0 Å². The highest BCUT2D eigenvalue weighted by atomic mass is 35.5. The molecule has 0 aromatic rings. The normalized spacial score (nSPS) is 13.4. The first-order valence-electron chi connectivity index (χ1n) is 3.71. The Balaban J connectivity index is 2.97. The number of ether oxygens (including phenoxy) is 1. The maximum absolute atomic E-state index is 11.6. The standard InChI is InChI=1S/C7H15ClFNO/c1-11-6-7(8)5-10-4-2-3-9/h7,10H,2-6H2,1H3. The summed E-state index contributed by atoms with van der Waals surface area (Å²) >= 11 is 5.78. The van der Waals surface area contributed by atoms with E-state index < -0.39 is 0 Å². The molecule has 0 rings (SSSR count). The number of hydrogen-bond donors (Lipinski definition) is 1. The van der Waals surface area contributed by atoms with Crippen LogP contribution in [0.15, 0.2) is 0 Å². The van der Waals surface area contributed by atoms with Crippen molar-refractivity contribution in [1.29, 1.82) is 0 Å². The van der Waals surface area contributed by atoms with Gasteiger partial charge in [0, 0.05) is 13.7 Å². The molecule has 0 aromatic carbocycles. The van der Waals surface area contributed by atoms with E-state index in [1.54, 1.807) is 7.11 Å². The second kappa shape index (κ2) is 8.24. The Morgan fingerprint density at radius 3 is 2.91 bits per heavy atom. The van der Waals surface area contributed by atoms with E-state index >= 15 is 0 Å². The topological polar surface area (TPSA) is 21.3 Å². The van der Waals surface area contributed by atoms with Gasteiger partial charge in [-0.25, -0.2) is 0 Å². The molecule has 0 bridgehead atoms. The van der Waals surface area contributed by atoms with Crippen molar-refractivity contribution in [2.45, 2.75) is 11.8 Å². The highest BCUT2D eigenvalue weighted by Crippen LogP contribution is 1.93. The molecule has 4 heteroatoms. The molecule has 11 heavy (non-hydrogen) atoms. The first kappa shape index (κ1) is 11.1. The largest absolute Gasteiger partial charge is 0.383 e. The van der Waals surface area contributed by atoms with E-state index in [0.29, 0.717) is 26.1 Å². The van der Waals surface area contributed by atoms with Gasteiger partial charge in [0.2, 0.25) is 0 Å². The molecule has 0 aliphatic rings. The minimum atomic E-state index is -0.274. The quantitative estimate of drug-likeness (QED) is 0.473. The van der Waals surface area contributed by atoms with Gasteiger partial charge < -0.3 is 10.1 Å². The van der Waals surface area contributed by atoms with Crippen LogP contribution in [0.2, 0.25) is 0 Å².